The summed E-state index contributed by atoms with van der Waals surface area (Å²) in [4.78, 5) is 94.9. The minimum Gasteiger partial charge on any atom is -0.463 e. The lowest BCUT2D eigenvalue weighted by Crippen LogP contribution is -2.67. The van der Waals surface area contributed by atoms with Gasteiger partial charge >= 0.3 is 41.8 Å². The normalized spacial score (nSPS) is 23.9. The molecule has 0 aliphatic carbocycles. The van der Waals surface area contributed by atoms with Crippen molar-refractivity contribution in [3.05, 3.63) is 0 Å². The van der Waals surface area contributed by atoms with Crippen molar-refractivity contribution in [1.82, 2.24) is 0 Å². The quantitative estimate of drug-likeness (QED) is 0.0343. The molecule has 2 aliphatic heterocycles. The first-order valence-electron chi connectivity index (χ1n) is 27.7. The lowest BCUT2D eigenvalue weighted by atomic mass is 9.95. The van der Waals surface area contributed by atoms with Crippen LogP contribution in [0.1, 0.15) is 228 Å². The van der Waals surface area contributed by atoms with E-state index in [1.54, 1.807) is 0 Å². The maximum Gasteiger partial charge on any atom is 0.306 e. The molecule has 18 heteroatoms. The van der Waals surface area contributed by atoms with E-state index in [0.29, 0.717) is 64.2 Å². The molecule has 416 valence electrons. The summed E-state index contributed by atoms with van der Waals surface area (Å²) in [7, 11) is 0. The van der Waals surface area contributed by atoms with Crippen molar-refractivity contribution in [2.24, 2.45) is 0 Å². The first-order chi connectivity index (χ1) is 34.8. The van der Waals surface area contributed by atoms with Crippen LogP contribution in [-0.4, -0.2) is 122 Å². The number of esters is 7. The fraction of sp³-hybridized carbons (Fsp3) is 0.870. The zero-order chi connectivity index (χ0) is 53.1. The van der Waals surface area contributed by atoms with Crippen molar-refractivity contribution in [2.45, 2.75) is 290 Å². The SMILES string of the molecule is CCCCCC(=O)OC[C@H]1O[C@@H](O[C@H]2[C@H](OC(=O)CCCCC)[C@@H](OC(=O)CCCCC)C(O)O[C@@H]2COC(=O)CCCCC)[C@H](OC(=O)CCCCC)[C@@H](OC(=O)CCCCC)[C@H]1OC(=O)CCCCC. The number of aliphatic hydroxyl groups is 1. The first-order valence-corrected chi connectivity index (χ1v) is 27.7. The third-order valence-corrected chi connectivity index (χ3v) is 12.5. The first kappa shape index (κ1) is 64.2. The van der Waals surface area contributed by atoms with Crippen molar-refractivity contribution < 1.29 is 86.0 Å². The molecular formula is C54H92O18. The van der Waals surface area contributed by atoms with E-state index in [4.69, 9.17) is 47.4 Å². The second kappa shape index (κ2) is 38.7. The summed E-state index contributed by atoms with van der Waals surface area (Å²) >= 11 is 0. The molecule has 0 aromatic rings. The number of rotatable bonds is 39. The van der Waals surface area contributed by atoms with Crippen molar-refractivity contribution in [3.63, 3.8) is 0 Å². The van der Waals surface area contributed by atoms with E-state index in [0.717, 1.165) is 70.6 Å². The summed E-state index contributed by atoms with van der Waals surface area (Å²) < 4.78 is 61.4. The van der Waals surface area contributed by atoms with Gasteiger partial charge in [0, 0.05) is 44.9 Å². The monoisotopic (exact) mass is 1030 g/mol. The molecule has 18 nitrogen and oxygen atoms in total. The van der Waals surface area contributed by atoms with E-state index in [1.165, 1.54) is 0 Å². The Balaban J connectivity index is 2.93. The van der Waals surface area contributed by atoms with Crippen LogP contribution in [0.5, 0.6) is 0 Å². The third kappa shape index (κ3) is 25.4. The van der Waals surface area contributed by atoms with Crippen LogP contribution >= 0.6 is 0 Å². The van der Waals surface area contributed by atoms with Crippen LogP contribution < -0.4 is 0 Å². The fourth-order valence-corrected chi connectivity index (χ4v) is 8.32. The smallest absolute Gasteiger partial charge is 0.306 e. The van der Waals surface area contributed by atoms with Crippen LogP contribution in [0.2, 0.25) is 0 Å². The topological polar surface area (TPSA) is 232 Å². The second-order valence-electron chi connectivity index (χ2n) is 19.0. The zero-order valence-corrected chi connectivity index (χ0v) is 44.9. The molecule has 0 radical (unpaired) electrons. The van der Waals surface area contributed by atoms with E-state index in [1.807, 2.05) is 48.5 Å². The number of carbonyl (C=O) groups is 7. The molecule has 2 rings (SSSR count). The Kier molecular flexibility index (Phi) is 34.5. The van der Waals surface area contributed by atoms with Crippen LogP contribution in [0.3, 0.4) is 0 Å². The molecule has 10 atom stereocenters. The Morgan fingerprint density at radius 3 is 0.958 bits per heavy atom. The molecule has 1 N–H and O–H groups in total. The molecule has 72 heavy (non-hydrogen) atoms. The van der Waals surface area contributed by atoms with Gasteiger partial charge in [0.15, 0.2) is 43.1 Å². The van der Waals surface area contributed by atoms with E-state index in [2.05, 4.69) is 0 Å². The third-order valence-electron chi connectivity index (χ3n) is 12.5. The summed E-state index contributed by atoms with van der Waals surface area (Å²) in [6, 6.07) is 0. The summed E-state index contributed by atoms with van der Waals surface area (Å²) in [6.45, 7) is 12.8. The zero-order valence-electron chi connectivity index (χ0n) is 44.9. The van der Waals surface area contributed by atoms with Gasteiger partial charge in [0.2, 0.25) is 0 Å². The predicted molar refractivity (Wildman–Crippen MR) is 265 cm³/mol. The highest BCUT2D eigenvalue weighted by atomic mass is 16.8. The summed E-state index contributed by atoms with van der Waals surface area (Å²) in [5, 5.41) is 11.6. The molecule has 2 aliphatic rings. The Morgan fingerprint density at radius 1 is 0.333 bits per heavy atom. The number of unbranched alkanes of at least 4 members (excludes halogenated alkanes) is 14. The van der Waals surface area contributed by atoms with Crippen LogP contribution in [0.4, 0.5) is 0 Å². The maximum atomic E-state index is 13.9. The summed E-state index contributed by atoms with van der Waals surface area (Å²) in [6.07, 6.45) is -2.07. The largest absolute Gasteiger partial charge is 0.463 e. The average molecular weight is 1030 g/mol. The molecule has 2 heterocycles. The highest BCUT2D eigenvalue weighted by Gasteiger charge is 2.57. The van der Waals surface area contributed by atoms with Crippen molar-refractivity contribution >= 4 is 41.8 Å². The maximum absolute atomic E-state index is 13.9. The average Bonchev–Trinajstić information content (AvgIpc) is 3.34. The molecular weight excluding hydrogens is 937 g/mol. The van der Waals surface area contributed by atoms with Gasteiger partial charge in [-0.25, -0.2) is 0 Å². The molecule has 2 saturated heterocycles. The van der Waals surface area contributed by atoms with Gasteiger partial charge in [-0.2, -0.15) is 0 Å². The number of carbonyl (C=O) groups excluding carboxylic acids is 7. The minimum absolute atomic E-state index is 0.00310. The Morgan fingerprint density at radius 2 is 0.611 bits per heavy atom. The molecule has 0 amide bonds. The summed E-state index contributed by atoms with van der Waals surface area (Å²) in [5.74, 6) is -4.66. The van der Waals surface area contributed by atoms with E-state index >= 15 is 0 Å². The molecule has 0 spiro atoms. The Bertz CT molecular complexity index is 1560. The molecule has 0 bridgehead atoms. The van der Waals surface area contributed by atoms with Crippen LogP contribution in [0.25, 0.3) is 0 Å². The predicted octanol–water partition coefficient (Wildman–Crippen LogP) is 9.52. The molecule has 0 aromatic carbocycles. The van der Waals surface area contributed by atoms with Crippen LogP contribution in [0, 0.1) is 0 Å². The van der Waals surface area contributed by atoms with Gasteiger partial charge < -0.3 is 52.5 Å². The molecule has 0 saturated carbocycles. The van der Waals surface area contributed by atoms with Gasteiger partial charge in [-0.05, 0) is 44.9 Å². The lowest BCUT2D eigenvalue weighted by molar-refractivity contribution is -0.357. The highest BCUT2D eigenvalue weighted by Crippen LogP contribution is 2.36. The van der Waals surface area contributed by atoms with Crippen molar-refractivity contribution in [1.29, 1.82) is 0 Å². The Hall–Kier alpha value is -3.87. The van der Waals surface area contributed by atoms with Crippen LogP contribution in [-0.2, 0) is 80.9 Å². The van der Waals surface area contributed by atoms with Gasteiger partial charge in [-0.3, -0.25) is 33.6 Å². The number of hydrogen-bond acceptors (Lipinski definition) is 18. The molecule has 1 unspecified atom stereocenters. The highest BCUT2D eigenvalue weighted by molar-refractivity contribution is 5.73. The Labute approximate surface area is 429 Å². The number of hydrogen-bond donors (Lipinski definition) is 1. The van der Waals surface area contributed by atoms with Gasteiger partial charge in [0.1, 0.15) is 31.5 Å². The minimum atomic E-state index is -1.91. The standard InChI is InChI=1S/C54H92O18/c1-8-15-22-29-40(55)63-36-38-48(49(68-43(58)32-25-18-11-4)51(53(62)65-38)70-45(60)34-27-20-13-6)72-54-52(71-46(61)35-28-21-14-7)50(69-44(59)33-26-19-12-5)47(67-42(57)31-24-17-10-3)39(66-54)37-64-41(56)30-23-16-9-2/h38-39,47-54,62H,8-37H2,1-7H3/t38-,39-,47+,48-,49+,50+,51-,52-,53?,54+/m1/s1. The molecule has 2 fully saturated rings. The van der Waals surface area contributed by atoms with Gasteiger partial charge in [0.25, 0.3) is 0 Å². The number of aliphatic hydroxyl groups excluding tert-OH is 1. The van der Waals surface area contributed by atoms with Gasteiger partial charge in [-0.15, -0.1) is 0 Å². The molecule has 0 aromatic heterocycles. The lowest BCUT2D eigenvalue weighted by Gasteiger charge is -2.48. The van der Waals surface area contributed by atoms with E-state index in [-0.39, 0.29) is 44.9 Å². The van der Waals surface area contributed by atoms with Crippen LogP contribution in [0.15, 0.2) is 0 Å². The van der Waals surface area contributed by atoms with Gasteiger partial charge in [0.05, 0.1) is 0 Å². The second-order valence-corrected chi connectivity index (χ2v) is 19.0. The fourth-order valence-electron chi connectivity index (χ4n) is 8.32. The van der Waals surface area contributed by atoms with Crippen molar-refractivity contribution in [3.8, 4) is 0 Å². The van der Waals surface area contributed by atoms with E-state index in [9.17, 15) is 38.7 Å². The van der Waals surface area contributed by atoms with E-state index < -0.39 is 116 Å². The number of ether oxygens (including phenoxy) is 10. The van der Waals surface area contributed by atoms with Crippen molar-refractivity contribution in [2.75, 3.05) is 13.2 Å². The van der Waals surface area contributed by atoms with Gasteiger partial charge in [-0.1, -0.05) is 138 Å². The summed E-state index contributed by atoms with van der Waals surface area (Å²) in [5.41, 5.74) is 0.